The van der Waals surface area contributed by atoms with E-state index in [4.69, 9.17) is 0 Å². The van der Waals surface area contributed by atoms with E-state index in [0.29, 0.717) is 4.68 Å². The Morgan fingerprint density at radius 3 is 2.50 bits per heavy atom. The van der Waals surface area contributed by atoms with Crippen LogP contribution in [-0.2, 0) is 7.05 Å². The standard InChI is InChI=1S/C6H5F4N3O/c1-13-4(11-2-12-13)3(14)6(9,10)5(7)8/h2,5H,1H3. The Morgan fingerprint density at radius 1 is 1.57 bits per heavy atom. The summed E-state index contributed by atoms with van der Waals surface area (Å²) in [6.45, 7) is 0. The van der Waals surface area contributed by atoms with Gasteiger partial charge in [-0.3, -0.25) is 4.79 Å². The SMILES string of the molecule is Cn1ncnc1C(=O)C(F)(F)C(F)F. The van der Waals surface area contributed by atoms with Crippen LogP contribution >= 0.6 is 0 Å². The molecule has 0 atom stereocenters. The van der Waals surface area contributed by atoms with E-state index in [1.165, 1.54) is 0 Å². The second-order valence-corrected chi connectivity index (χ2v) is 2.46. The lowest BCUT2D eigenvalue weighted by Gasteiger charge is -2.12. The molecular formula is C6H5F4N3O. The van der Waals surface area contributed by atoms with Crippen molar-refractivity contribution >= 4 is 5.78 Å². The van der Waals surface area contributed by atoms with Gasteiger partial charge >= 0.3 is 12.3 Å². The molecule has 1 aromatic rings. The van der Waals surface area contributed by atoms with Gasteiger partial charge in [0.05, 0.1) is 0 Å². The number of hydrogen-bond donors (Lipinski definition) is 0. The Balaban J connectivity index is 3.02. The lowest BCUT2D eigenvalue weighted by Crippen LogP contribution is -2.38. The van der Waals surface area contributed by atoms with Crippen LogP contribution in [0.1, 0.15) is 10.6 Å². The van der Waals surface area contributed by atoms with E-state index in [0.717, 1.165) is 13.4 Å². The number of carbonyl (C=O) groups excluding carboxylic acids is 1. The first-order chi connectivity index (χ1) is 6.37. The molecule has 0 radical (unpaired) electrons. The average Bonchev–Trinajstić information content (AvgIpc) is 2.49. The highest BCUT2D eigenvalue weighted by molar-refractivity contribution is 5.98. The lowest BCUT2D eigenvalue weighted by molar-refractivity contribution is -0.0964. The van der Waals surface area contributed by atoms with Crippen molar-refractivity contribution in [3.05, 3.63) is 12.2 Å². The van der Waals surface area contributed by atoms with E-state index in [1.54, 1.807) is 0 Å². The molecule has 0 N–H and O–H groups in total. The van der Waals surface area contributed by atoms with E-state index >= 15 is 0 Å². The van der Waals surface area contributed by atoms with E-state index in [2.05, 4.69) is 10.1 Å². The molecule has 1 heterocycles. The molecule has 8 heteroatoms. The lowest BCUT2D eigenvalue weighted by atomic mass is 10.2. The van der Waals surface area contributed by atoms with Crippen molar-refractivity contribution in [2.75, 3.05) is 0 Å². The number of aromatic nitrogens is 3. The third-order valence-corrected chi connectivity index (χ3v) is 1.49. The van der Waals surface area contributed by atoms with E-state index in [9.17, 15) is 22.4 Å². The van der Waals surface area contributed by atoms with Gasteiger partial charge in [-0.25, -0.2) is 18.4 Å². The van der Waals surface area contributed by atoms with Crippen molar-refractivity contribution in [1.29, 1.82) is 0 Å². The number of rotatable bonds is 3. The molecule has 1 rings (SSSR count). The monoisotopic (exact) mass is 211 g/mol. The summed E-state index contributed by atoms with van der Waals surface area (Å²) < 4.78 is 49.2. The molecule has 0 bridgehead atoms. The maximum absolute atomic E-state index is 12.5. The zero-order valence-electron chi connectivity index (χ0n) is 6.92. The highest BCUT2D eigenvalue weighted by atomic mass is 19.3. The fourth-order valence-electron chi connectivity index (χ4n) is 0.750. The summed E-state index contributed by atoms with van der Waals surface area (Å²) in [7, 11) is 1.15. The Bertz CT molecular complexity index is 349. The largest absolute Gasteiger partial charge is 0.372 e. The van der Waals surface area contributed by atoms with Crippen molar-refractivity contribution in [2.45, 2.75) is 12.3 Å². The molecule has 14 heavy (non-hydrogen) atoms. The van der Waals surface area contributed by atoms with Gasteiger partial charge in [0.25, 0.3) is 5.78 Å². The van der Waals surface area contributed by atoms with Crippen molar-refractivity contribution in [3.63, 3.8) is 0 Å². The van der Waals surface area contributed by atoms with Crippen LogP contribution in [0.5, 0.6) is 0 Å². The van der Waals surface area contributed by atoms with E-state index in [1.807, 2.05) is 0 Å². The van der Waals surface area contributed by atoms with Gasteiger partial charge in [0.1, 0.15) is 6.33 Å². The average molecular weight is 211 g/mol. The zero-order chi connectivity index (χ0) is 10.9. The summed E-state index contributed by atoms with van der Waals surface area (Å²) >= 11 is 0. The molecule has 0 aromatic carbocycles. The maximum Gasteiger partial charge on any atom is 0.372 e. The number of ketones is 1. The van der Waals surface area contributed by atoms with Crippen molar-refractivity contribution < 1.29 is 22.4 Å². The third kappa shape index (κ3) is 1.59. The summed E-state index contributed by atoms with van der Waals surface area (Å²) in [6.07, 6.45) is -3.22. The molecule has 4 nitrogen and oxygen atoms in total. The van der Waals surface area contributed by atoms with Gasteiger partial charge in [-0.15, -0.1) is 0 Å². The fourth-order valence-corrected chi connectivity index (χ4v) is 0.750. The molecule has 1 aromatic heterocycles. The zero-order valence-corrected chi connectivity index (χ0v) is 6.92. The van der Waals surface area contributed by atoms with E-state index in [-0.39, 0.29) is 0 Å². The Kier molecular flexibility index (Phi) is 2.54. The normalized spacial score (nSPS) is 12.1. The number of halogens is 4. The number of nitrogens with zero attached hydrogens (tertiary/aromatic N) is 3. The smallest absolute Gasteiger partial charge is 0.284 e. The molecular weight excluding hydrogens is 206 g/mol. The summed E-state index contributed by atoms with van der Waals surface area (Å²) in [4.78, 5) is 14.0. The van der Waals surface area contributed by atoms with Gasteiger partial charge in [0.2, 0.25) is 5.82 Å². The Morgan fingerprint density at radius 2 is 2.14 bits per heavy atom. The Labute approximate surface area is 75.5 Å². The molecule has 0 aliphatic heterocycles. The first kappa shape index (κ1) is 10.6. The van der Waals surface area contributed by atoms with Gasteiger partial charge in [0, 0.05) is 7.05 Å². The van der Waals surface area contributed by atoms with Gasteiger partial charge in [0.15, 0.2) is 0 Å². The quantitative estimate of drug-likeness (QED) is 0.551. The van der Waals surface area contributed by atoms with Crippen LogP contribution < -0.4 is 0 Å². The van der Waals surface area contributed by atoms with Crippen molar-refractivity contribution in [1.82, 2.24) is 14.8 Å². The summed E-state index contributed by atoms with van der Waals surface area (Å²) in [5.74, 6) is -7.55. The van der Waals surface area contributed by atoms with Crippen LogP contribution in [0.3, 0.4) is 0 Å². The molecule has 0 aliphatic rings. The Hall–Kier alpha value is -1.47. The van der Waals surface area contributed by atoms with Crippen LogP contribution in [0.4, 0.5) is 17.6 Å². The van der Waals surface area contributed by atoms with Crippen LogP contribution in [-0.4, -0.2) is 32.9 Å². The number of Topliss-reactive ketones (excluding diaryl/α,β-unsaturated/α-hetero) is 1. The minimum atomic E-state index is -4.72. The highest BCUT2D eigenvalue weighted by Gasteiger charge is 2.50. The van der Waals surface area contributed by atoms with E-state index < -0.39 is 24.0 Å². The molecule has 0 fully saturated rings. The number of carbonyl (C=O) groups is 1. The highest BCUT2D eigenvalue weighted by Crippen LogP contribution is 2.26. The predicted molar refractivity (Wildman–Crippen MR) is 36.3 cm³/mol. The van der Waals surface area contributed by atoms with Crippen LogP contribution in [0.25, 0.3) is 0 Å². The van der Waals surface area contributed by atoms with Crippen LogP contribution in [0.2, 0.25) is 0 Å². The van der Waals surface area contributed by atoms with Gasteiger partial charge in [-0.2, -0.15) is 13.9 Å². The summed E-state index contributed by atoms with van der Waals surface area (Å²) in [6, 6.07) is 0. The molecule has 0 saturated carbocycles. The molecule has 0 saturated heterocycles. The fraction of sp³-hybridized carbons (Fsp3) is 0.500. The van der Waals surface area contributed by atoms with Gasteiger partial charge in [-0.05, 0) is 0 Å². The van der Waals surface area contributed by atoms with Crippen molar-refractivity contribution in [3.8, 4) is 0 Å². The first-order valence-corrected chi connectivity index (χ1v) is 3.42. The van der Waals surface area contributed by atoms with Crippen LogP contribution in [0.15, 0.2) is 6.33 Å². The molecule has 0 unspecified atom stereocenters. The minimum absolute atomic E-state index is 0.707. The number of hydrogen-bond acceptors (Lipinski definition) is 3. The molecule has 0 spiro atoms. The summed E-state index contributed by atoms with van der Waals surface area (Å²) in [5.41, 5.74) is 0. The second-order valence-electron chi connectivity index (χ2n) is 2.46. The van der Waals surface area contributed by atoms with Gasteiger partial charge in [-0.1, -0.05) is 0 Å². The van der Waals surface area contributed by atoms with Gasteiger partial charge < -0.3 is 0 Å². The molecule has 78 valence electrons. The second kappa shape index (κ2) is 3.35. The maximum atomic E-state index is 12.5. The van der Waals surface area contributed by atoms with Crippen LogP contribution in [0, 0.1) is 0 Å². The first-order valence-electron chi connectivity index (χ1n) is 3.42. The summed E-state index contributed by atoms with van der Waals surface area (Å²) in [5, 5.41) is 3.32. The molecule has 0 aliphatic carbocycles. The topological polar surface area (TPSA) is 47.8 Å². The minimum Gasteiger partial charge on any atom is -0.284 e. The number of alkyl halides is 4. The number of aryl methyl sites for hydroxylation is 1. The van der Waals surface area contributed by atoms with Crippen molar-refractivity contribution in [2.24, 2.45) is 7.05 Å². The molecule has 0 amide bonds. The third-order valence-electron chi connectivity index (χ3n) is 1.49. The predicted octanol–water partition coefficient (Wildman–Crippen LogP) is 0.898.